The lowest BCUT2D eigenvalue weighted by molar-refractivity contribution is -0.137. The largest absolute Gasteiger partial charge is 0.386 e. The molecule has 124 valence electrons. The highest BCUT2D eigenvalue weighted by Crippen LogP contribution is 2.22. The van der Waals surface area contributed by atoms with E-state index >= 15 is 0 Å². The molecule has 0 saturated carbocycles. The SMILES string of the molecule is CC(N)C(C)C(=O)N(Cc1ccccc1)CC(O)c1cccs1. The average molecular weight is 332 g/mol. The van der Waals surface area contributed by atoms with Crippen LogP contribution in [0.25, 0.3) is 0 Å². The van der Waals surface area contributed by atoms with E-state index in [4.69, 9.17) is 5.73 Å². The van der Waals surface area contributed by atoms with Crippen molar-refractivity contribution in [2.75, 3.05) is 6.54 Å². The van der Waals surface area contributed by atoms with E-state index in [-0.39, 0.29) is 24.4 Å². The quantitative estimate of drug-likeness (QED) is 0.819. The summed E-state index contributed by atoms with van der Waals surface area (Å²) in [7, 11) is 0. The number of carbonyl (C=O) groups is 1. The molecule has 3 unspecified atom stereocenters. The molecule has 1 aromatic heterocycles. The monoisotopic (exact) mass is 332 g/mol. The number of nitrogens with two attached hydrogens (primary N) is 1. The molecule has 2 aromatic rings. The average Bonchev–Trinajstić information content (AvgIpc) is 3.08. The van der Waals surface area contributed by atoms with Crippen LogP contribution in [0.15, 0.2) is 47.8 Å². The predicted molar refractivity (Wildman–Crippen MR) is 94.0 cm³/mol. The van der Waals surface area contributed by atoms with Crippen molar-refractivity contribution in [2.24, 2.45) is 11.7 Å². The van der Waals surface area contributed by atoms with Gasteiger partial charge in [0.05, 0.1) is 12.5 Å². The Hall–Kier alpha value is -1.69. The third kappa shape index (κ3) is 4.89. The molecule has 0 saturated heterocycles. The number of hydrogen-bond acceptors (Lipinski definition) is 4. The van der Waals surface area contributed by atoms with E-state index in [1.807, 2.05) is 61.7 Å². The van der Waals surface area contributed by atoms with Crippen LogP contribution in [0.5, 0.6) is 0 Å². The maximum atomic E-state index is 12.7. The zero-order chi connectivity index (χ0) is 16.8. The second-order valence-corrected chi connectivity index (χ2v) is 6.86. The van der Waals surface area contributed by atoms with Gasteiger partial charge >= 0.3 is 0 Å². The van der Waals surface area contributed by atoms with Gasteiger partial charge in [-0.25, -0.2) is 0 Å². The van der Waals surface area contributed by atoms with Crippen LogP contribution in [0, 0.1) is 5.92 Å². The van der Waals surface area contributed by atoms with Gasteiger partial charge in [-0.2, -0.15) is 0 Å². The van der Waals surface area contributed by atoms with Crippen molar-refractivity contribution in [3.63, 3.8) is 0 Å². The van der Waals surface area contributed by atoms with Crippen LogP contribution < -0.4 is 5.73 Å². The Morgan fingerprint density at radius 3 is 2.48 bits per heavy atom. The van der Waals surface area contributed by atoms with Crippen LogP contribution in [0.2, 0.25) is 0 Å². The summed E-state index contributed by atoms with van der Waals surface area (Å²) in [6, 6.07) is 13.4. The molecule has 3 atom stereocenters. The van der Waals surface area contributed by atoms with Crippen LogP contribution in [0.3, 0.4) is 0 Å². The van der Waals surface area contributed by atoms with Gasteiger partial charge in [-0.3, -0.25) is 4.79 Å². The Morgan fingerprint density at radius 1 is 1.22 bits per heavy atom. The summed E-state index contributed by atoms with van der Waals surface area (Å²) in [5.74, 6) is -0.311. The van der Waals surface area contributed by atoms with Crippen LogP contribution in [-0.4, -0.2) is 28.5 Å². The predicted octanol–water partition coefficient (Wildman–Crippen LogP) is 2.79. The van der Waals surface area contributed by atoms with Crippen LogP contribution in [0.1, 0.15) is 30.4 Å². The highest BCUT2D eigenvalue weighted by molar-refractivity contribution is 7.10. The van der Waals surface area contributed by atoms with E-state index in [2.05, 4.69) is 0 Å². The zero-order valence-electron chi connectivity index (χ0n) is 13.6. The number of amides is 1. The fraction of sp³-hybridized carbons (Fsp3) is 0.389. The normalized spacial score (nSPS) is 15.0. The van der Waals surface area contributed by atoms with E-state index in [1.165, 1.54) is 11.3 Å². The van der Waals surface area contributed by atoms with Gasteiger partial charge in [0.2, 0.25) is 5.91 Å². The molecular formula is C18H24N2O2S. The lowest BCUT2D eigenvalue weighted by Gasteiger charge is -2.29. The Balaban J connectivity index is 2.15. The summed E-state index contributed by atoms with van der Waals surface area (Å²) in [6.07, 6.45) is -0.678. The van der Waals surface area contributed by atoms with Gasteiger partial charge < -0.3 is 15.7 Å². The molecule has 4 nitrogen and oxygen atoms in total. The number of aliphatic hydroxyl groups excluding tert-OH is 1. The van der Waals surface area contributed by atoms with Gasteiger partial charge in [-0.05, 0) is 23.9 Å². The lowest BCUT2D eigenvalue weighted by atomic mass is 10.0. The Bertz CT molecular complexity index is 599. The maximum absolute atomic E-state index is 12.7. The van der Waals surface area contributed by atoms with Crippen LogP contribution >= 0.6 is 11.3 Å². The molecule has 0 aliphatic carbocycles. The van der Waals surface area contributed by atoms with Gasteiger partial charge in [0.1, 0.15) is 6.10 Å². The van der Waals surface area contributed by atoms with E-state index in [0.717, 1.165) is 10.4 Å². The molecule has 1 amide bonds. The number of aliphatic hydroxyl groups is 1. The van der Waals surface area contributed by atoms with E-state index in [1.54, 1.807) is 4.90 Å². The molecule has 2 rings (SSSR count). The molecule has 1 heterocycles. The van der Waals surface area contributed by atoms with Gasteiger partial charge in [0.25, 0.3) is 0 Å². The molecule has 0 fully saturated rings. The molecule has 1 aromatic carbocycles. The number of benzene rings is 1. The van der Waals surface area contributed by atoms with Gasteiger partial charge in [-0.1, -0.05) is 43.3 Å². The zero-order valence-corrected chi connectivity index (χ0v) is 14.4. The van der Waals surface area contributed by atoms with Crippen molar-refractivity contribution in [3.05, 3.63) is 58.3 Å². The molecule has 0 radical (unpaired) electrons. The topological polar surface area (TPSA) is 66.6 Å². The summed E-state index contributed by atoms with van der Waals surface area (Å²) in [5, 5.41) is 12.3. The van der Waals surface area contributed by atoms with Gasteiger partial charge in [-0.15, -0.1) is 11.3 Å². The number of rotatable bonds is 7. The minimum absolute atomic E-state index is 0.0283. The standard InChI is InChI=1S/C18H24N2O2S/c1-13(14(2)19)18(22)20(11-15-7-4-3-5-8-15)12-16(21)17-9-6-10-23-17/h3-10,13-14,16,21H,11-12,19H2,1-2H3. The lowest BCUT2D eigenvalue weighted by Crippen LogP contribution is -2.43. The summed E-state index contributed by atoms with van der Waals surface area (Å²) in [5.41, 5.74) is 6.92. The number of nitrogens with zero attached hydrogens (tertiary/aromatic N) is 1. The summed E-state index contributed by atoms with van der Waals surface area (Å²) < 4.78 is 0. The highest BCUT2D eigenvalue weighted by Gasteiger charge is 2.26. The molecule has 5 heteroatoms. The van der Waals surface area contributed by atoms with Gasteiger partial charge in [0, 0.05) is 17.5 Å². The Morgan fingerprint density at radius 2 is 1.91 bits per heavy atom. The molecular weight excluding hydrogens is 308 g/mol. The minimum atomic E-state index is -0.678. The van der Waals surface area contributed by atoms with Crippen molar-refractivity contribution in [1.82, 2.24) is 4.90 Å². The smallest absolute Gasteiger partial charge is 0.227 e. The second-order valence-electron chi connectivity index (χ2n) is 5.88. The third-order valence-electron chi connectivity index (χ3n) is 3.97. The summed E-state index contributed by atoms with van der Waals surface area (Å²) in [6.45, 7) is 4.41. The molecule has 23 heavy (non-hydrogen) atoms. The first-order valence-electron chi connectivity index (χ1n) is 7.78. The van der Waals surface area contributed by atoms with Crippen LogP contribution in [-0.2, 0) is 11.3 Å². The Labute approximate surface area is 141 Å². The van der Waals surface area contributed by atoms with Crippen molar-refractivity contribution in [3.8, 4) is 0 Å². The minimum Gasteiger partial charge on any atom is -0.386 e. The fourth-order valence-corrected chi connectivity index (χ4v) is 3.03. The molecule has 0 spiro atoms. The summed E-state index contributed by atoms with van der Waals surface area (Å²) >= 11 is 1.49. The molecule has 3 N–H and O–H groups in total. The van der Waals surface area contributed by atoms with Crippen molar-refractivity contribution in [2.45, 2.75) is 32.5 Å². The van der Waals surface area contributed by atoms with Crippen LogP contribution in [0.4, 0.5) is 0 Å². The first-order chi connectivity index (χ1) is 11.0. The van der Waals surface area contributed by atoms with Crippen molar-refractivity contribution in [1.29, 1.82) is 0 Å². The molecule has 0 aliphatic rings. The Kier molecular flexibility index (Phi) is 6.33. The molecule has 0 aliphatic heterocycles. The van der Waals surface area contributed by atoms with E-state index in [9.17, 15) is 9.90 Å². The van der Waals surface area contributed by atoms with E-state index < -0.39 is 6.10 Å². The summed E-state index contributed by atoms with van der Waals surface area (Å²) in [4.78, 5) is 15.3. The maximum Gasteiger partial charge on any atom is 0.227 e. The number of thiophene rings is 1. The first kappa shape index (κ1) is 17.7. The number of hydrogen-bond donors (Lipinski definition) is 2. The third-order valence-corrected chi connectivity index (χ3v) is 4.94. The second kappa shape index (κ2) is 8.24. The van der Waals surface area contributed by atoms with Crippen molar-refractivity contribution >= 4 is 17.2 Å². The highest BCUT2D eigenvalue weighted by atomic mass is 32.1. The van der Waals surface area contributed by atoms with Crippen molar-refractivity contribution < 1.29 is 9.90 Å². The molecule has 0 bridgehead atoms. The van der Waals surface area contributed by atoms with E-state index in [0.29, 0.717) is 6.54 Å². The fourth-order valence-electron chi connectivity index (χ4n) is 2.33. The van der Waals surface area contributed by atoms with Gasteiger partial charge in [0.15, 0.2) is 0 Å². The number of carbonyl (C=O) groups excluding carboxylic acids is 1. The first-order valence-corrected chi connectivity index (χ1v) is 8.66.